The molecule has 0 saturated carbocycles. The van der Waals surface area contributed by atoms with E-state index in [0.29, 0.717) is 22.0 Å². The van der Waals surface area contributed by atoms with Gasteiger partial charge in [-0.1, -0.05) is 6.07 Å². The Bertz CT molecular complexity index is 972. The van der Waals surface area contributed by atoms with Crippen molar-refractivity contribution in [1.82, 2.24) is 10.3 Å². The van der Waals surface area contributed by atoms with Crippen molar-refractivity contribution < 1.29 is 23.5 Å². The lowest BCUT2D eigenvalue weighted by Crippen LogP contribution is -2.30. The number of carbonyl (C=O) groups is 2. The highest BCUT2D eigenvalue weighted by Crippen LogP contribution is 2.24. The van der Waals surface area contributed by atoms with Crippen LogP contribution in [0.3, 0.4) is 0 Å². The molecule has 0 spiro atoms. The number of methoxy groups -OCH3 is 1. The van der Waals surface area contributed by atoms with Crippen molar-refractivity contribution in [3.8, 4) is 16.3 Å². The average Bonchev–Trinajstić information content (AvgIpc) is 3.20. The summed E-state index contributed by atoms with van der Waals surface area (Å²) in [5, 5.41) is 4.97. The van der Waals surface area contributed by atoms with Crippen molar-refractivity contribution in [2.45, 2.75) is 6.61 Å². The maximum atomic E-state index is 13.0. The number of benzene rings is 2. The van der Waals surface area contributed by atoms with Crippen molar-refractivity contribution in [3.05, 3.63) is 71.0 Å². The summed E-state index contributed by atoms with van der Waals surface area (Å²) >= 11 is 1.37. The van der Waals surface area contributed by atoms with Crippen molar-refractivity contribution in [3.63, 3.8) is 0 Å². The van der Waals surface area contributed by atoms with Gasteiger partial charge < -0.3 is 14.8 Å². The summed E-state index contributed by atoms with van der Waals surface area (Å²) in [4.78, 5) is 28.3. The topological polar surface area (TPSA) is 77.5 Å². The van der Waals surface area contributed by atoms with E-state index in [1.165, 1.54) is 30.6 Å². The Hall–Kier alpha value is -3.26. The molecule has 0 radical (unpaired) electrons. The van der Waals surface area contributed by atoms with Crippen LogP contribution in [-0.2, 0) is 16.1 Å². The van der Waals surface area contributed by atoms with Gasteiger partial charge in [0.1, 0.15) is 29.7 Å². The fourth-order valence-corrected chi connectivity index (χ4v) is 3.13. The van der Waals surface area contributed by atoms with Gasteiger partial charge >= 0.3 is 5.97 Å². The molecular weight excluding hydrogens is 383 g/mol. The fourth-order valence-electron chi connectivity index (χ4n) is 2.32. The van der Waals surface area contributed by atoms with Crippen LogP contribution in [0.4, 0.5) is 4.39 Å². The Kier molecular flexibility index (Phi) is 6.33. The summed E-state index contributed by atoms with van der Waals surface area (Å²) in [5.41, 5.74) is 1.75. The lowest BCUT2D eigenvalue weighted by molar-refractivity contribution is -0.143. The molecule has 3 aromatic rings. The molecule has 1 aromatic heterocycles. The summed E-state index contributed by atoms with van der Waals surface area (Å²) in [5.74, 6) is -0.739. The second-order valence-corrected chi connectivity index (χ2v) is 6.58. The van der Waals surface area contributed by atoms with E-state index >= 15 is 0 Å². The number of aromatic nitrogens is 1. The molecule has 1 N–H and O–H groups in total. The second-order valence-electron chi connectivity index (χ2n) is 5.73. The van der Waals surface area contributed by atoms with Gasteiger partial charge in [-0.05, 0) is 42.5 Å². The van der Waals surface area contributed by atoms with Crippen LogP contribution in [0.25, 0.3) is 10.6 Å². The van der Waals surface area contributed by atoms with Gasteiger partial charge in [0.05, 0.1) is 12.8 Å². The number of nitrogens with zero attached hydrogens (tertiary/aromatic N) is 1. The van der Waals surface area contributed by atoms with Crippen LogP contribution in [-0.4, -0.2) is 30.5 Å². The summed E-state index contributed by atoms with van der Waals surface area (Å²) in [6.07, 6.45) is 0. The zero-order valence-corrected chi connectivity index (χ0v) is 15.8. The molecule has 2 aromatic carbocycles. The van der Waals surface area contributed by atoms with E-state index in [9.17, 15) is 14.0 Å². The summed E-state index contributed by atoms with van der Waals surface area (Å²) in [6.45, 7) is -0.267. The van der Waals surface area contributed by atoms with E-state index in [0.717, 1.165) is 5.56 Å². The van der Waals surface area contributed by atoms with Gasteiger partial charge in [-0.15, -0.1) is 11.3 Å². The van der Waals surface area contributed by atoms with Gasteiger partial charge in [0.15, 0.2) is 0 Å². The quantitative estimate of drug-likeness (QED) is 0.615. The molecule has 0 aliphatic carbocycles. The molecule has 8 heteroatoms. The lowest BCUT2D eigenvalue weighted by Gasteiger charge is -2.07. The molecule has 0 atom stereocenters. The third kappa shape index (κ3) is 5.14. The number of halogens is 1. The zero-order valence-electron chi connectivity index (χ0n) is 15.0. The number of nitrogens with one attached hydrogen (secondary N) is 1. The van der Waals surface area contributed by atoms with Crippen molar-refractivity contribution >= 4 is 23.2 Å². The molecule has 1 amide bonds. The minimum Gasteiger partial charge on any atom is -0.497 e. The Morgan fingerprint density at radius 1 is 1.18 bits per heavy atom. The molecule has 3 rings (SSSR count). The van der Waals surface area contributed by atoms with Crippen LogP contribution >= 0.6 is 11.3 Å². The first-order valence-electron chi connectivity index (χ1n) is 8.33. The molecule has 0 fully saturated rings. The second kappa shape index (κ2) is 9.09. The molecule has 0 saturated heterocycles. The molecular formula is C20H17FN2O4S. The predicted octanol–water partition coefficient (Wildman–Crippen LogP) is 3.43. The number of rotatable bonds is 7. The highest BCUT2D eigenvalue weighted by atomic mass is 32.1. The zero-order chi connectivity index (χ0) is 19.9. The smallest absolute Gasteiger partial charge is 0.325 e. The number of hydrogen-bond acceptors (Lipinski definition) is 6. The van der Waals surface area contributed by atoms with Gasteiger partial charge in [-0.3, -0.25) is 9.59 Å². The first-order chi connectivity index (χ1) is 13.5. The highest BCUT2D eigenvalue weighted by molar-refractivity contribution is 7.13. The molecule has 0 unspecified atom stereocenters. The number of amides is 1. The molecule has 144 valence electrons. The SMILES string of the molecule is COc1cccc(C(=O)NCC(=O)OCc2csc(-c3ccc(F)cc3)n2)c1. The molecule has 0 aliphatic rings. The van der Waals surface area contributed by atoms with E-state index in [2.05, 4.69) is 10.3 Å². The van der Waals surface area contributed by atoms with Crippen LogP contribution in [0.2, 0.25) is 0 Å². The maximum absolute atomic E-state index is 13.0. The third-order valence-electron chi connectivity index (χ3n) is 3.75. The first kappa shape index (κ1) is 19.5. The van der Waals surface area contributed by atoms with Crippen molar-refractivity contribution in [2.24, 2.45) is 0 Å². The van der Waals surface area contributed by atoms with E-state index in [1.54, 1.807) is 41.8 Å². The Labute approximate surface area is 164 Å². The fraction of sp³-hybridized carbons (Fsp3) is 0.150. The lowest BCUT2D eigenvalue weighted by atomic mass is 10.2. The number of thiazole rings is 1. The molecule has 1 heterocycles. The van der Waals surface area contributed by atoms with Crippen molar-refractivity contribution in [2.75, 3.05) is 13.7 Å². The van der Waals surface area contributed by atoms with Crippen LogP contribution in [0.5, 0.6) is 5.75 Å². The third-order valence-corrected chi connectivity index (χ3v) is 4.69. The van der Waals surface area contributed by atoms with Crippen LogP contribution < -0.4 is 10.1 Å². The van der Waals surface area contributed by atoms with E-state index in [1.807, 2.05) is 0 Å². The summed E-state index contributed by atoms with van der Waals surface area (Å²) < 4.78 is 23.2. The monoisotopic (exact) mass is 400 g/mol. The maximum Gasteiger partial charge on any atom is 0.325 e. The van der Waals surface area contributed by atoms with Gasteiger partial charge in [0, 0.05) is 16.5 Å². The average molecular weight is 400 g/mol. The van der Waals surface area contributed by atoms with Crippen molar-refractivity contribution in [1.29, 1.82) is 0 Å². The normalized spacial score (nSPS) is 10.4. The van der Waals surface area contributed by atoms with Gasteiger partial charge in [-0.25, -0.2) is 9.37 Å². The highest BCUT2D eigenvalue weighted by Gasteiger charge is 2.11. The minimum atomic E-state index is -0.576. The minimum absolute atomic E-state index is 0.00837. The van der Waals surface area contributed by atoms with Gasteiger partial charge in [0.2, 0.25) is 0 Å². The Balaban J connectivity index is 1.48. The summed E-state index contributed by atoms with van der Waals surface area (Å²) in [7, 11) is 1.51. The van der Waals surface area contributed by atoms with Crippen LogP contribution in [0.1, 0.15) is 16.1 Å². The predicted molar refractivity (Wildman–Crippen MR) is 103 cm³/mol. The first-order valence-corrected chi connectivity index (χ1v) is 9.21. The Morgan fingerprint density at radius 2 is 1.96 bits per heavy atom. The number of carbonyl (C=O) groups excluding carboxylic acids is 2. The van der Waals surface area contributed by atoms with Crippen LogP contribution in [0, 0.1) is 5.82 Å². The number of hydrogen-bond donors (Lipinski definition) is 1. The van der Waals surface area contributed by atoms with Crippen LogP contribution in [0.15, 0.2) is 53.9 Å². The number of esters is 1. The molecule has 0 aliphatic heterocycles. The largest absolute Gasteiger partial charge is 0.497 e. The standard InChI is InChI=1S/C20H17FN2O4S/c1-26-17-4-2-3-14(9-17)19(25)22-10-18(24)27-11-16-12-28-20(23-16)13-5-7-15(21)8-6-13/h2-9,12H,10-11H2,1H3,(H,22,25). The van der Waals surface area contributed by atoms with E-state index < -0.39 is 11.9 Å². The van der Waals surface area contributed by atoms with Gasteiger partial charge in [0.25, 0.3) is 5.91 Å². The van der Waals surface area contributed by atoms with E-state index in [-0.39, 0.29) is 19.0 Å². The molecule has 0 bridgehead atoms. The molecule has 28 heavy (non-hydrogen) atoms. The molecule has 6 nitrogen and oxygen atoms in total. The number of ether oxygens (including phenoxy) is 2. The summed E-state index contributed by atoms with van der Waals surface area (Å²) in [6, 6.07) is 12.6. The van der Waals surface area contributed by atoms with Gasteiger partial charge in [-0.2, -0.15) is 0 Å². The Morgan fingerprint density at radius 3 is 2.71 bits per heavy atom. The van der Waals surface area contributed by atoms with E-state index in [4.69, 9.17) is 9.47 Å².